The summed E-state index contributed by atoms with van der Waals surface area (Å²) in [5, 5.41) is 6.58. The molecule has 0 saturated carbocycles. The average Bonchev–Trinajstić information content (AvgIpc) is 3.38. The van der Waals surface area contributed by atoms with Crippen LogP contribution in [-0.4, -0.2) is 39.1 Å². The Labute approximate surface area is 156 Å². The third-order valence-electron chi connectivity index (χ3n) is 4.46. The first-order valence-electron chi connectivity index (χ1n) is 8.94. The van der Waals surface area contributed by atoms with E-state index >= 15 is 0 Å². The zero-order chi connectivity index (χ0) is 18.6. The predicted octanol–water partition coefficient (Wildman–Crippen LogP) is 2.37. The molecule has 3 aromatic rings. The van der Waals surface area contributed by atoms with Crippen molar-refractivity contribution in [2.45, 2.75) is 26.3 Å². The number of carbonyl (C=O) groups excluding carboxylic acids is 1. The molecule has 138 valence electrons. The topological polar surface area (TPSA) is 97.0 Å². The standard InChI is InChI=1S/C19H20N6O2/c1-13-23-16(24-27-13)12-22-19(26)15-6-4-5-14(11-15)17-18(21-8-7-20-17)25-9-2-3-10-25/h4-8,11H,2-3,9-10,12H2,1H3,(H,22,26). The Balaban J connectivity index is 1.55. The van der Waals surface area contributed by atoms with Gasteiger partial charge in [0.25, 0.3) is 5.91 Å². The van der Waals surface area contributed by atoms with E-state index in [2.05, 4.69) is 30.3 Å². The van der Waals surface area contributed by atoms with Crippen LogP contribution in [0.4, 0.5) is 5.82 Å². The number of hydrogen-bond donors (Lipinski definition) is 1. The smallest absolute Gasteiger partial charge is 0.251 e. The SMILES string of the molecule is Cc1nc(CNC(=O)c2cccc(-c3nccnc3N3CCCC3)c2)no1. The van der Waals surface area contributed by atoms with E-state index in [0.717, 1.165) is 43.0 Å². The molecule has 0 atom stereocenters. The molecular weight excluding hydrogens is 344 g/mol. The molecule has 4 rings (SSSR count). The highest BCUT2D eigenvalue weighted by atomic mass is 16.5. The van der Waals surface area contributed by atoms with Gasteiger partial charge in [0.15, 0.2) is 11.6 Å². The van der Waals surface area contributed by atoms with Crippen molar-refractivity contribution >= 4 is 11.7 Å². The van der Waals surface area contributed by atoms with Crippen LogP contribution in [0.2, 0.25) is 0 Å². The van der Waals surface area contributed by atoms with Gasteiger partial charge in [0, 0.05) is 43.5 Å². The normalized spacial score (nSPS) is 13.7. The lowest BCUT2D eigenvalue weighted by atomic mass is 10.1. The molecular formula is C19H20N6O2. The number of aromatic nitrogens is 4. The van der Waals surface area contributed by atoms with E-state index in [1.54, 1.807) is 25.4 Å². The average molecular weight is 364 g/mol. The summed E-state index contributed by atoms with van der Waals surface area (Å²) in [6, 6.07) is 7.40. The molecule has 0 spiro atoms. The van der Waals surface area contributed by atoms with Gasteiger partial charge < -0.3 is 14.7 Å². The Bertz CT molecular complexity index is 949. The summed E-state index contributed by atoms with van der Waals surface area (Å²) < 4.78 is 4.91. The molecule has 0 radical (unpaired) electrons. The summed E-state index contributed by atoms with van der Waals surface area (Å²) in [6.45, 7) is 3.89. The van der Waals surface area contributed by atoms with Crippen molar-refractivity contribution < 1.29 is 9.32 Å². The maximum Gasteiger partial charge on any atom is 0.251 e. The minimum atomic E-state index is -0.203. The van der Waals surface area contributed by atoms with Gasteiger partial charge in [-0.3, -0.25) is 9.78 Å². The lowest BCUT2D eigenvalue weighted by molar-refractivity contribution is 0.0949. The van der Waals surface area contributed by atoms with Crippen LogP contribution < -0.4 is 10.2 Å². The van der Waals surface area contributed by atoms with Gasteiger partial charge in [-0.05, 0) is 25.0 Å². The number of aryl methyl sites for hydroxylation is 1. The van der Waals surface area contributed by atoms with Crippen molar-refractivity contribution in [3.05, 3.63) is 53.9 Å². The van der Waals surface area contributed by atoms with Gasteiger partial charge in [-0.25, -0.2) is 4.98 Å². The fraction of sp³-hybridized carbons (Fsp3) is 0.316. The zero-order valence-electron chi connectivity index (χ0n) is 15.1. The Morgan fingerprint density at radius 1 is 1.22 bits per heavy atom. The van der Waals surface area contributed by atoms with E-state index in [9.17, 15) is 4.79 Å². The van der Waals surface area contributed by atoms with Crippen molar-refractivity contribution in [2.24, 2.45) is 0 Å². The Morgan fingerprint density at radius 2 is 2.04 bits per heavy atom. The molecule has 1 aliphatic heterocycles. The Morgan fingerprint density at radius 3 is 2.81 bits per heavy atom. The minimum Gasteiger partial charge on any atom is -0.355 e. The number of nitrogens with zero attached hydrogens (tertiary/aromatic N) is 5. The van der Waals surface area contributed by atoms with Crippen LogP contribution in [0.5, 0.6) is 0 Å². The number of anilines is 1. The van der Waals surface area contributed by atoms with E-state index in [1.807, 2.05) is 18.2 Å². The fourth-order valence-electron chi connectivity index (χ4n) is 3.18. The predicted molar refractivity (Wildman–Crippen MR) is 99.1 cm³/mol. The second-order valence-corrected chi connectivity index (χ2v) is 6.42. The van der Waals surface area contributed by atoms with Gasteiger partial charge in [0.1, 0.15) is 5.69 Å². The lowest BCUT2D eigenvalue weighted by Gasteiger charge is -2.19. The summed E-state index contributed by atoms with van der Waals surface area (Å²) in [5.74, 6) is 1.58. The minimum absolute atomic E-state index is 0.203. The van der Waals surface area contributed by atoms with Gasteiger partial charge in [-0.1, -0.05) is 17.3 Å². The molecule has 0 aliphatic carbocycles. The van der Waals surface area contributed by atoms with E-state index < -0.39 is 0 Å². The van der Waals surface area contributed by atoms with Crippen LogP contribution in [0.3, 0.4) is 0 Å². The van der Waals surface area contributed by atoms with E-state index in [4.69, 9.17) is 4.52 Å². The molecule has 3 heterocycles. The van der Waals surface area contributed by atoms with Crippen LogP contribution in [0, 0.1) is 6.92 Å². The van der Waals surface area contributed by atoms with Crippen molar-refractivity contribution in [1.29, 1.82) is 0 Å². The summed E-state index contributed by atoms with van der Waals surface area (Å²) in [7, 11) is 0. The lowest BCUT2D eigenvalue weighted by Crippen LogP contribution is -2.23. The zero-order valence-corrected chi connectivity index (χ0v) is 15.1. The van der Waals surface area contributed by atoms with E-state index in [-0.39, 0.29) is 12.5 Å². The molecule has 1 N–H and O–H groups in total. The monoisotopic (exact) mass is 364 g/mol. The van der Waals surface area contributed by atoms with Gasteiger partial charge in [0.05, 0.1) is 6.54 Å². The van der Waals surface area contributed by atoms with Crippen LogP contribution in [0.1, 0.15) is 34.9 Å². The third-order valence-corrected chi connectivity index (χ3v) is 4.46. The number of hydrogen-bond acceptors (Lipinski definition) is 7. The van der Waals surface area contributed by atoms with Crippen molar-refractivity contribution in [2.75, 3.05) is 18.0 Å². The molecule has 27 heavy (non-hydrogen) atoms. The molecule has 1 aliphatic rings. The van der Waals surface area contributed by atoms with Crippen LogP contribution in [0.25, 0.3) is 11.3 Å². The first kappa shape index (κ1) is 17.1. The largest absolute Gasteiger partial charge is 0.355 e. The maximum absolute atomic E-state index is 12.5. The highest BCUT2D eigenvalue weighted by Crippen LogP contribution is 2.29. The van der Waals surface area contributed by atoms with Crippen LogP contribution in [-0.2, 0) is 6.54 Å². The molecule has 1 aromatic carbocycles. The number of carbonyl (C=O) groups is 1. The van der Waals surface area contributed by atoms with Crippen molar-refractivity contribution in [1.82, 2.24) is 25.4 Å². The third kappa shape index (κ3) is 3.79. The summed E-state index contributed by atoms with van der Waals surface area (Å²) in [4.78, 5) is 27.9. The van der Waals surface area contributed by atoms with Crippen molar-refractivity contribution in [3.8, 4) is 11.3 Å². The number of amides is 1. The molecule has 8 nitrogen and oxygen atoms in total. The van der Waals surface area contributed by atoms with Crippen LogP contribution >= 0.6 is 0 Å². The van der Waals surface area contributed by atoms with Gasteiger partial charge in [-0.2, -0.15) is 4.98 Å². The molecule has 2 aromatic heterocycles. The number of benzene rings is 1. The van der Waals surface area contributed by atoms with Crippen LogP contribution in [0.15, 0.2) is 41.2 Å². The molecule has 1 fully saturated rings. The second-order valence-electron chi connectivity index (χ2n) is 6.42. The molecule has 8 heteroatoms. The summed E-state index contributed by atoms with van der Waals surface area (Å²) in [5.41, 5.74) is 2.21. The molecule has 1 saturated heterocycles. The first-order valence-corrected chi connectivity index (χ1v) is 8.94. The summed E-state index contributed by atoms with van der Waals surface area (Å²) >= 11 is 0. The maximum atomic E-state index is 12.5. The quantitative estimate of drug-likeness (QED) is 0.742. The van der Waals surface area contributed by atoms with Gasteiger partial charge in [-0.15, -0.1) is 0 Å². The Hall–Kier alpha value is -3.29. The van der Waals surface area contributed by atoms with Crippen molar-refractivity contribution in [3.63, 3.8) is 0 Å². The van der Waals surface area contributed by atoms with Gasteiger partial charge in [0.2, 0.25) is 5.89 Å². The Kier molecular flexibility index (Phi) is 4.78. The first-order chi connectivity index (χ1) is 13.2. The van der Waals surface area contributed by atoms with E-state index in [0.29, 0.717) is 17.3 Å². The highest BCUT2D eigenvalue weighted by Gasteiger charge is 2.19. The number of nitrogens with one attached hydrogen (secondary N) is 1. The highest BCUT2D eigenvalue weighted by molar-refractivity contribution is 5.95. The van der Waals surface area contributed by atoms with Gasteiger partial charge >= 0.3 is 0 Å². The second kappa shape index (κ2) is 7.53. The fourth-order valence-corrected chi connectivity index (χ4v) is 3.18. The summed E-state index contributed by atoms with van der Waals surface area (Å²) in [6.07, 6.45) is 5.71. The molecule has 1 amide bonds. The number of rotatable bonds is 5. The molecule has 0 bridgehead atoms. The molecule has 0 unspecified atom stereocenters. The van der Waals surface area contributed by atoms with E-state index in [1.165, 1.54) is 0 Å².